The van der Waals surface area contributed by atoms with Crippen LogP contribution in [0.15, 0.2) is 24.3 Å². The molecular formula is C17H25ClN2O3. The summed E-state index contributed by atoms with van der Waals surface area (Å²) in [4.78, 5) is 12.1. The molecule has 0 saturated carbocycles. The predicted octanol–water partition coefficient (Wildman–Crippen LogP) is 2.46. The molecular weight excluding hydrogens is 316 g/mol. The topological polar surface area (TPSA) is 59.6 Å². The van der Waals surface area contributed by atoms with Crippen molar-refractivity contribution >= 4 is 24.0 Å². The van der Waals surface area contributed by atoms with Crippen LogP contribution in [0.1, 0.15) is 19.8 Å². The summed E-state index contributed by atoms with van der Waals surface area (Å²) >= 11 is 0. The van der Waals surface area contributed by atoms with Gasteiger partial charge in [-0.25, -0.2) is 0 Å². The number of hydrogen-bond donors (Lipinski definition) is 2. The lowest BCUT2D eigenvalue weighted by atomic mass is 9.88. The number of carbonyl (C=O) groups is 1. The Morgan fingerprint density at radius 2 is 2.13 bits per heavy atom. The Labute approximate surface area is 143 Å². The zero-order valence-corrected chi connectivity index (χ0v) is 14.2. The van der Waals surface area contributed by atoms with Gasteiger partial charge >= 0.3 is 0 Å². The minimum absolute atomic E-state index is 0. The monoisotopic (exact) mass is 340 g/mol. The van der Waals surface area contributed by atoms with Crippen molar-refractivity contribution in [3.05, 3.63) is 24.3 Å². The van der Waals surface area contributed by atoms with E-state index in [0.29, 0.717) is 12.5 Å². The van der Waals surface area contributed by atoms with E-state index in [1.807, 2.05) is 31.2 Å². The number of halogens is 1. The fourth-order valence-corrected chi connectivity index (χ4v) is 2.73. The van der Waals surface area contributed by atoms with Crippen molar-refractivity contribution in [1.29, 1.82) is 0 Å². The molecule has 2 fully saturated rings. The van der Waals surface area contributed by atoms with Crippen LogP contribution >= 0.6 is 12.4 Å². The van der Waals surface area contributed by atoms with Gasteiger partial charge in [0.2, 0.25) is 5.91 Å². The second-order valence-electron chi connectivity index (χ2n) is 6.17. The third-order valence-electron chi connectivity index (χ3n) is 4.52. The van der Waals surface area contributed by atoms with E-state index in [0.717, 1.165) is 44.0 Å². The molecule has 1 aromatic rings. The van der Waals surface area contributed by atoms with E-state index in [4.69, 9.17) is 9.47 Å². The molecule has 0 radical (unpaired) electrons. The fraction of sp³-hybridized carbons (Fsp3) is 0.588. The van der Waals surface area contributed by atoms with Gasteiger partial charge in [-0.1, -0.05) is 6.92 Å². The molecule has 128 valence electrons. The van der Waals surface area contributed by atoms with Crippen molar-refractivity contribution in [3.8, 4) is 5.75 Å². The van der Waals surface area contributed by atoms with Crippen LogP contribution in [-0.4, -0.2) is 38.3 Å². The molecule has 1 amide bonds. The molecule has 2 atom stereocenters. The van der Waals surface area contributed by atoms with Crippen LogP contribution in [0.2, 0.25) is 0 Å². The lowest BCUT2D eigenvalue weighted by molar-refractivity contribution is -0.121. The van der Waals surface area contributed by atoms with Crippen molar-refractivity contribution in [2.75, 3.05) is 31.6 Å². The second kappa shape index (κ2) is 8.52. The van der Waals surface area contributed by atoms with Crippen molar-refractivity contribution in [2.24, 2.45) is 11.8 Å². The molecule has 5 nitrogen and oxygen atoms in total. The quantitative estimate of drug-likeness (QED) is 0.835. The molecule has 0 aliphatic carbocycles. The Bertz CT molecular complexity index is 499. The third kappa shape index (κ3) is 4.83. The fourth-order valence-electron chi connectivity index (χ4n) is 2.73. The molecule has 2 aliphatic heterocycles. The Balaban J connectivity index is 0.00000192. The molecule has 0 bridgehead atoms. The van der Waals surface area contributed by atoms with Gasteiger partial charge in [-0.3, -0.25) is 4.79 Å². The molecule has 0 aromatic heterocycles. The van der Waals surface area contributed by atoms with E-state index >= 15 is 0 Å². The van der Waals surface area contributed by atoms with E-state index in [1.165, 1.54) is 0 Å². The Hall–Kier alpha value is -1.30. The Morgan fingerprint density at radius 1 is 1.39 bits per heavy atom. The summed E-state index contributed by atoms with van der Waals surface area (Å²) in [7, 11) is 0. The number of rotatable bonds is 6. The first kappa shape index (κ1) is 18.0. The molecule has 2 saturated heterocycles. The third-order valence-corrected chi connectivity index (χ3v) is 4.52. The lowest BCUT2D eigenvalue weighted by Gasteiger charge is -2.31. The van der Waals surface area contributed by atoms with Crippen molar-refractivity contribution < 1.29 is 14.3 Å². The zero-order valence-electron chi connectivity index (χ0n) is 13.4. The van der Waals surface area contributed by atoms with Crippen LogP contribution in [0.5, 0.6) is 5.75 Å². The maximum absolute atomic E-state index is 12.1. The Morgan fingerprint density at radius 3 is 2.70 bits per heavy atom. The van der Waals surface area contributed by atoms with Crippen LogP contribution in [0, 0.1) is 11.8 Å². The van der Waals surface area contributed by atoms with Gasteiger partial charge in [0.05, 0.1) is 6.10 Å². The summed E-state index contributed by atoms with van der Waals surface area (Å²) in [5.41, 5.74) is 0.814. The summed E-state index contributed by atoms with van der Waals surface area (Å²) in [5, 5.41) is 6.17. The maximum atomic E-state index is 12.1. The first-order valence-corrected chi connectivity index (χ1v) is 8.08. The highest BCUT2D eigenvalue weighted by atomic mass is 35.5. The van der Waals surface area contributed by atoms with Gasteiger partial charge in [0.1, 0.15) is 12.4 Å². The molecule has 1 aromatic carbocycles. The first-order chi connectivity index (χ1) is 10.7. The lowest BCUT2D eigenvalue weighted by Crippen LogP contribution is -2.48. The minimum atomic E-state index is 0. The number of hydrogen-bond acceptors (Lipinski definition) is 4. The smallest absolute Gasteiger partial charge is 0.227 e. The summed E-state index contributed by atoms with van der Waals surface area (Å²) in [5.74, 6) is 1.38. The van der Waals surface area contributed by atoms with Gasteiger partial charge < -0.3 is 20.1 Å². The van der Waals surface area contributed by atoms with E-state index in [9.17, 15) is 4.79 Å². The van der Waals surface area contributed by atoms with Gasteiger partial charge in [-0.15, -0.1) is 12.4 Å². The minimum Gasteiger partial charge on any atom is -0.491 e. The number of amides is 1. The van der Waals surface area contributed by atoms with Crippen molar-refractivity contribution in [2.45, 2.75) is 25.9 Å². The van der Waals surface area contributed by atoms with Gasteiger partial charge in [0.15, 0.2) is 0 Å². The summed E-state index contributed by atoms with van der Waals surface area (Å²) < 4.78 is 11.2. The van der Waals surface area contributed by atoms with Crippen molar-refractivity contribution in [1.82, 2.24) is 5.32 Å². The highest BCUT2D eigenvalue weighted by molar-refractivity contribution is 5.92. The van der Waals surface area contributed by atoms with Crippen LogP contribution in [0.3, 0.4) is 0 Å². The number of ether oxygens (including phenoxy) is 2. The molecule has 23 heavy (non-hydrogen) atoms. The molecule has 2 N–H and O–H groups in total. The normalized spacial score (nSPS) is 21.9. The van der Waals surface area contributed by atoms with Gasteiger partial charge in [-0.05, 0) is 56.1 Å². The molecule has 2 heterocycles. The Kier molecular flexibility index (Phi) is 6.69. The molecule has 2 aliphatic rings. The standard InChI is InChI=1S/C17H24N2O3.ClH/c1-12(13-9-18-10-13)17(20)19-14-4-6-15(7-5-14)22-11-16-3-2-8-21-16;/h4-7,12-13,16,18H,2-3,8-11H2,1H3,(H,19,20);1H. The molecule has 6 heteroatoms. The van der Waals surface area contributed by atoms with E-state index in [2.05, 4.69) is 10.6 Å². The van der Waals surface area contributed by atoms with Gasteiger partial charge in [-0.2, -0.15) is 0 Å². The number of nitrogens with one attached hydrogen (secondary N) is 2. The largest absolute Gasteiger partial charge is 0.491 e. The van der Waals surface area contributed by atoms with Crippen LogP contribution < -0.4 is 15.4 Å². The van der Waals surface area contributed by atoms with E-state index < -0.39 is 0 Å². The number of benzene rings is 1. The van der Waals surface area contributed by atoms with Crippen molar-refractivity contribution in [3.63, 3.8) is 0 Å². The van der Waals surface area contributed by atoms with Crippen LogP contribution in [-0.2, 0) is 9.53 Å². The average Bonchev–Trinajstić information content (AvgIpc) is 2.98. The highest BCUT2D eigenvalue weighted by Gasteiger charge is 2.28. The predicted molar refractivity (Wildman–Crippen MR) is 92.3 cm³/mol. The second-order valence-corrected chi connectivity index (χ2v) is 6.17. The van der Waals surface area contributed by atoms with E-state index in [-0.39, 0.29) is 30.3 Å². The summed E-state index contributed by atoms with van der Waals surface area (Å²) in [6.45, 7) is 5.29. The van der Waals surface area contributed by atoms with Crippen LogP contribution in [0.4, 0.5) is 5.69 Å². The van der Waals surface area contributed by atoms with E-state index in [1.54, 1.807) is 0 Å². The molecule has 3 rings (SSSR count). The number of carbonyl (C=O) groups excluding carboxylic acids is 1. The SMILES string of the molecule is CC(C(=O)Nc1ccc(OCC2CCCO2)cc1)C1CNC1.Cl. The first-order valence-electron chi connectivity index (χ1n) is 8.08. The zero-order chi connectivity index (χ0) is 15.4. The molecule has 0 spiro atoms. The summed E-state index contributed by atoms with van der Waals surface area (Å²) in [6.07, 6.45) is 2.41. The van der Waals surface area contributed by atoms with Gasteiger partial charge in [0, 0.05) is 18.2 Å². The molecule has 2 unspecified atom stereocenters. The highest BCUT2D eigenvalue weighted by Crippen LogP contribution is 2.21. The maximum Gasteiger partial charge on any atom is 0.227 e. The average molecular weight is 341 g/mol. The summed E-state index contributed by atoms with van der Waals surface area (Å²) in [6, 6.07) is 7.54. The van der Waals surface area contributed by atoms with Gasteiger partial charge in [0.25, 0.3) is 0 Å². The number of anilines is 1. The van der Waals surface area contributed by atoms with Crippen LogP contribution in [0.25, 0.3) is 0 Å².